The van der Waals surface area contributed by atoms with Crippen LogP contribution >= 0.6 is 15.9 Å². The molecule has 0 saturated carbocycles. The molecule has 2 aromatic rings. The first-order valence-electron chi connectivity index (χ1n) is 6.97. The van der Waals surface area contributed by atoms with Crippen molar-refractivity contribution in [3.8, 4) is 5.75 Å². The molecule has 0 saturated heterocycles. The lowest BCUT2D eigenvalue weighted by atomic mass is 10.1. The van der Waals surface area contributed by atoms with Crippen LogP contribution in [-0.4, -0.2) is 25.6 Å². The summed E-state index contributed by atoms with van der Waals surface area (Å²) in [5, 5.41) is 2.73. The van der Waals surface area contributed by atoms with Crippen LogP contribution in [0.25, 0.3) is 0 Å². The van der Waals surface area contributed by atoms with E-state index in [4.69, 9.17) is 9.47 Å². The largest absolute Gasteiger partial charge is 0.496 e. The van der Waals surface area contributed by atoms with E-state index in [-0.39, 0.29) is 12.5 Å². The molecule has 23 heavy (non-hydrogen) atoms. The number of rotatable bonds is 5. The second kappa shape index (κ2) is 7.78. The highest BCUT2D eigenvalue weighted by Gasteiger charge is 2.15. The number of esters is 1. The number of ether oxygens (including phenoxy) is 2. The SMILES string of the molecule is CCOC(=O)c1ccccc1NC(=O)c1ccc(OC)c(Br)c1. The minimum absolute atomic E-state index is 0.270. The summed E-state index contributed by atoms with van der Waals surface area (Å²) in [6.07, 6.45) is 0. The second-order valence-electron chi connectivity index (χ2n) is 4.57. The number of carbonyl (C=O) groups is 2. The zero-order valence-electron chi connectivity index (χ0n) is 12.8. The molecule has 0 aliphatic rings. The van der Waals surface area contributed by atoms with Crippen LogP contribution < -0.4 is 10.1 Å². The summed E-state index contributed by atoms with van der Waals surface area (Å²) < 4.78 is 10.8. The van der Waals surface area contributed by atoms with Gasteiger partial charge < -0.3 is 14.8 Å². The molecule has 1 amide bonds. The highest BCUT2D eigenvalue weighted by atomic mass is 79.9. The number of hydrogen-bond acceptors (Lipinski definition) is 4. The second-order valence-corrected chi connectivity index (χ2v) is 5.42. The highest BCUT2D eigenvalue weighted by Crippen LogP contribution is 2.26. The topological polar surface area (TPSA) is 64.6 Å². The Labute approximate surface area is 142 Å². The molecule has 1 N–H and O–H groups in total. The van der Waals surface area contributed by atoms with E-state index >= 15 is 0 Å². The molecule has 0 fully saturated rings. The van der Waals surface area contributed by atoms with Crippen molar-refractivity contribution in [1.82, 2.24) is 0 Å². The van der Waals surface area contributed by atoms with E-state index in [1.165, 1.54) is 0 Å². The number of amides is 1. The first-order chi connectivity index (χ1) is 11.1. The Morgan fingerprint density at radius 1 is 1.17 bits per heavy atom. The van der Waals surface area contributed by atoms with E-state index in [2.05, 4.69) is 21.2 Å². The molecule has 2 aromatic carbocycles. The van der Waals surface area contributed by atoms with Gasteiger partial charge in [-0.05, 0) is 53.2 Å². The van der Waals surface area contributed by atoms with Crippen molar-refractivity contribution in [2.75, 3.05) is 19.0 Å². The van der Waals surface area contributed by atoms with Crippen molar-refractivity contribution < 1.29 is 19.1 Å². The number of benzene rings is 2. The van der Waals surface area contributed by atoms with Crippen LogP contribution in [0.15, 0.2) is 46.9 Å². The molecule has 0 spiro atoms. The molecule has 0 aliphatic carbocycles. The lowest BCUT2D eigenvalue weighted by molar-refractivity contribution is 0.0527. The van der Waals surface area contributed by atoms with Gasteiger partial charge in [0.1, 0.15) is 5.75 Å². The Morgan fingerprint density at radius 3 is 2.57 bits per heavy atom. The molecule has 0 heterocycles. The maximum Gasteiger partial charge on any atom is 0.340 e. The van der Waals surface area contributed by atoms with Gasteiger partial charge in [0.15, 0.2) is 0 Å². The maximum atomic E-state index is 12.4. The molecule has 2 rings (SSSR count). The number of halogens is 1. The fraction of sp³-hybridized carbons (Fsp3) is 0.176. The van der Waals surface area contributed by atoms with Crippen molar-refractivity contribution in [2.45, 2.75) is 6.92 Å². The Morgan fingerprint density at radius 2 is 1.91 bits per heavy atom. The van der Waals surface area contributed by atoms with E-state index in [0.29, 0.717) is 27.0 Å². The molecule has 0 aromatic heterocycles. The third kappa shape index (κ3) is 4.10. The van der Waals surface area contributed by atoms with Crippen molar-refractivity contribution >= 4 is 33.5 Å². The average molecular weight is 378 g/mol. The van der Waals surface area contributed by atoms with Gasteiger partial charge >= 0.3 is 5.97 Å². The summed E-state index contributed by atoms with van der Waals surface area (Å²) in [6.45, 7) is 2.00. The Balaban J connectivity index is 2.24. The molecule has 0 bridgehead atoms. The van der Waals surface area contributed by atoms with Crippen LogP contribution in [0.3, 0.4) is 0 Å². The summed E-state index contributed by atoms with van der Waals surface area (Å²) in [5.41, 5.74) is 1.16. The third-order valence-electron chi connectivity index (χ3n) is 3.08. The lowest BCUT2D eigenvalue weighted by Gasteiger charge is -2.11. The summed E-state index contributed by atoms with van der Waals surface area (Å²) in [6, 6.07) is 11.7. The van der Waals surface area contributed by atoms with E-state index < -0.39 is 5.97 Å². The van der Waals surface area contributed by atoms with Gasteiger partial charge in [-0.15, -0.1) is 0 Å². The normalized spacial score (nSPS) is 10.0. The van der Waals surface area contributed by atoms with Crippen molar-refractivity contribution in [2.24, 2.45) is 0 Å². The fourth-order valence-electron chi connectivity index (χ4n) is 1.98. The monoisotopic (exact) mass is 377 g/mol. The van der Waals surface area contributed by atoms with E-state index in [0.717, 1.165) is 0 Å². The Bertz CT molecular complexity index is 730. The summed E-state index contributed by atoms with van der Waals surface area (Å²) in [4.78, 5) is 24.3. The molecule has 0 atom stereocenters. The van der Waals surface area contributed by atoms with Gasteiger partial charge in [0.2, 0.25) is 0 Å². The highest BCUT2D eigenvalue weighted by molar-refractivity contribution is 9.10. The van der Waals surface area contributed by atoms with Crippen LogP contribution in [0.4, 0.5) is 5.69 Å². The van der Waals surface area contributed by atoms with Gasteiger partial charge in [-0.3, -0.25) is 4.79 Å². The summed E-state index contributed by atoms with van der Waals surface area (Å²) >= 11 is 3.34. The fourth-order valence-corrected chi connectivity index (χ4v) is 2.52. The summed E-state index contributed by atoms with van der Waals surface area (Å²) in [7, 11) is 1.55. The van der Waals surface area contributed by atoms with Crippen molar-refractivity contribution in [3.63, 3.8) is 0 Å². The van der Waals surface area contributed by atoms with Gasteiger partial charge in [0.05, 0.1) is 29.4 Å². The molecule has 0 radical (unpaired) electrons. The van der Waals surface area contributed by atoms with Crippen LogP contribution in [0.2, 0.25) is 0 Å². The minimum Gasteiger partial charge on any atom is -0.496 e. The van der Waals surface area contributed by atoms with Crippen LogP contribution in [0.1, 0.15) is 27.6 Å². The van der Waals surface area contributed by atoms with Crippen LogP contribution in [-0.2, 0) is 4.74 Å². The van der Waals surface area contributed by atoms with E-state index in [1.807, 2.05) is 0 Å². The van der Waals surface area contributed by atoms with E-state index in [9.17, 15) is 9.59 Å². The molecular weight excluding hydrogens is 362 g/mol. The average Bonchev–Trinajstić information content (AvgIpc) is 2.55. The summed E-state index contributed by atoms with van der Waals surface area (Å²) in [5.74, 6) is -0.169. The van der Waals surface area contributed by atoms with Gasteiger partial charge in [-0.25, -0.2) is 4.79 Å². The molecule has 6 heteroatoms. The number of hydrogen-bond donors (Lipinski definition) is 1. The van der Waals surface area contributed by atoms with Gasteiger partial charge in [-0.1, -0.05) is 12.1 Å². The van der Waals surface area contributed by atoms with E-state index in [1.54, 1.807) is 56.5 Å². The lowest BCUT2D eigenvalue weighted by Crippen LogP contribution is -2.16. The number of anilines is 1. The zero-order chi connectivity index (χ0) is 16.8. The number of para-hydroxylation sites is 1. The molecule has 120 valence electrons. The maximum absolute atomic E-state index is 12.4. The minimum atomic E-state index is -0.473. The smallest absolute Gasteiger partial charge is 0.340 e. The Kier molecular flexibility index (Phi) is 5.76. The predicted molar refractivity (Wildman–Crippen MR) is 91.0 cm³/mol. The first-order valence-corrected chi connectivity index (χ1v) is 7.77. The van der Waals surface area contributed by atoms with Crippen LogP contribution in [0, 0.1) is 0 Å². The standard InChI is InChI=1S/C17H16BrNO4/c1-3-23-17(21)12-6-4-5-7-14(12)19-16(20)11-8-9-15(22-2)13(18)10-11/h4-10H,3H2,1-2H3,(H,19,20). The zero-order valence-corrected chi connectivity index (χ0v) is 14.3. The predicted octanol–water partition coefficient (Wildman–Crippen LogP) is 3.89. The molecule has 5 nitrogen and oxygen atoms in total. The third-order valence-corrected chi connectivity index (χ3v) is 3.70. The van der Waals surface area contributed by atoms with Crippen molar-refractivity contribution in [3.05, 3.63) is 58.1 Å². The number of nitrogens with one attached hydrogen (secondary N) is 1. The molecule has 0 unspecified atom stereocenters. The van der Waals surface area contributed by atoms with Gasteiger partial charge in [0, 0.05) is 5.56 Å². The number of methoxy groups -OCH3 is 1. The van der Waals surface area contributed by atoms with Crippen molar-refractivity contribution in [1.29, 1.82) is 0 Å². The first kappa shape index (κ1) is 17.0. The molecular formula is C17H16BrNO4. The van der Waals surface area contributed by atoms with Gasteiger partial charge in [0.25, 0.3) is 5.91 Å². The Hall–Kier alpha value is -2.34. The number of carbonyl (C=O) groups excluding carboxylic acids is 2. The molecule has 0 aliphatic heterocycles. The van der Waals surface area contributed by atoms with Gasteiger partial charge in [-0.2, -0.15) is 0 Å². The van der Waals surface area contributed by atoms with Crippen LogP contribution in [0.5, 0.6) is 5.75 Å². The quantitative estimate of drug-likeness (QED) is 0.802.